The number of para-hydroxylation sites is 1. The Hall–Kier alpha value is -5.39. The minimum absolute atomic E-state index is 0.0814. The number of fused-ring (bicyclic) bond motifs is 2. The second-order valence-corrected chi connectivity index (χ2v) is 12.7. The number of thiazole rings is 1. The number of aromatic nitrogens is 2. The number of nitrogens with zero attached hydrogens (tertiary/aromatic N) is 1. The van der Waals surface area contributed by atoms with Gasteiger partial charge in [0.05, 0.1) is 22.6 Å². The van der Waals surface area contributed by atoms with Gasteiger partial charge in [-0.1, -0.05) is 53.8 Å². The van der Waals surface area contributed by atoms with E-state index in [0.717, 1.165) is 37.3 Å². The zero-order chi connectivity index (χ0) is 32.0. The van der Waals surface area contributed by atoms with Gasteiger partial charge in [-0.2, -0.15) is 0 Å². The molecular weight excluding hydrogens is 619 g/mol. The zero-order valence-electron chi connectivity index (χ0n) is 24.9. The van der Waals surface area contributed by atoms with Gasteiger partial charge in [-0.25, -0.2) is 4.98 Å². The number of hydrogen-bond donors (Lipinski definition) is 4. The van der Waals surface area contributed by atoms with Crippen molar-refractivity contribution in [1.82, 2.24) is 15.3 Å². The van der Waals surface area contributed by atoms with Crippen molar-refractivity contribution in [3.63, 3.8) is 0 Å². The number of carbonyl (C=O) groups excluding carboxylic acids is 3. The van der Waals surface area contributed by atoms with Crippen LogP contribution in [0, 0.1) is 0 Å². The van der Waals surface area contributed by atoms with E-state index in [9.17, 15) is 14.4 Å². The Kier molecular flexibility index (Phi) is 9.13. The maximum atomic E-state index is 13.6. The van der Waals surface area contributed by atoms with Crippen LogP contribution in [0.4, 0.5) is 10.8 Å². The average Bonchev–Trinajstić information content (AvgIpc) is 3.67. The maximum absolute atomic E-state index is 13.6. The van der Waals surface area contributed by atoms with Gasteiger partial charge in [0.25, 0.3) is 11.8 Å². The molecule has 0 aliphatic heterocycles. The van der Waals surface area contributed by atoms with E-state index in [-0.39, 0.29) is 11.6 Å². The molecule has 6 rings (SSSR count). The van der Waals surface area contributed by atoms with Gasteiger partial charge in [0, 0.05) is 38.8 Å². The molecule has 46 heavy (non-hydrogen) atoms. The van der Waals surface area contributed by atoms with Gasteiger partial charge in [-0.3, -0.25) is 14.4 Å². The number of nitrogens with one attached hydrogen (secondary N) is 4. The minimum atomic E-state index is -0.491. The number of carbonyl (C=O) groups is 3. The van der Waals surface area contributed by atoms with E-state index in [1.807, 2.05) is 61.5 Å². The van der Waals surface area contributed by atoms with Crippen molar-refractivity contribution in [2.45, 2.75) is 17.1 Å². The van der Waals surface area contributed by atoms with Gasteiger partial charge in [-0.05, 0) is 67.6 Å². The van der Waals surface area contributed by atoms with Crippen molar-refractivity contribution in [1.29, 1.82) is 0 Å². The molecule has 9 nitrogen and oxygen atoms in total. The first-order chi connectivity index (χ1) is 22.4. The smallest absolute Gasteiger partial charge is 0.272 e. The Balaban J connectivity index is 1.16. The van der Waals surface area contributed by atoms with Crippen LogP contribution < -0.4 is 20.7 Å². The van der Waals surface area contributed by atoms with Gasteiger partial charge in [0.15, 0.2) is 5.13 Å². The van der Waals surface area contributed by atoms with Crippen LogP contribution >= 0.6 is 23.1 Å². The van der Waals surface area contributed by atoms with Crippen molar-refractivity contribution in [2.75, 3.05) is 17.7 Å². The standard InChI is InChI=1S/C35H29N5O4S2/c1-21(32(41)40-35-39-29-16-15-25(44-2)19-31(29)46-35)45-26-12-8-11-24(18-26)37-34(43)30(38-33(42)22-9-4-3-5-10-22)17-23-20-36-28-14-7-6-13-27(23)28/h3-21,36H,1-2H3,(H,37,43)(H,38,42)(H,39,40,41)/b30-17-. The van der Waals surface area contributed by atoms with E-state index in [2.05, 4.69) is 25.9 Å². The number of benzene rings is 4. The summed E-state index contributed by atoms with van der Waals surface area (Å²) in [5, 5.41) is 9.56. The zero-order valence-corrected chi connectivity index (χ0v) is 26.5. The van der Waals surface area contributed by atoms with E-state index < -0.39 is 17.1 Å². The normalized spacial score (nSPS) is 12.1. The lowest BCUT2D eigenvalue weighted by molar-refractivity contribution is -0.115. The molecule has 0 spiro atoms. The third-order valence-electron chi connectivity index (χ3n) is 7.05. The van der Waals surface area contributed by atoms with Crippen molar-refractivity contribution in [3.05, 3.63) is 120 Å². The summed E-state index contributed by atoms with van der Waals surface area (Å²) in [7, 11) is 1.61. The highest BCUT2D eigenvalue weighted by atomic mass is 32.2. The first-order valence-electron chi connectivity index (χ1n) is 14.3. The van der Waals surface area contributed by atoms with Crippen molar-refractivity contribution in [2.24, 2.45) is 0 Å². The fraction of sp³-hybridized carbons (Fsp3) is 0.0857. The lowest BCUT2D eigenvalue weighted by Crippen LogP contribution is -2.30. The lowest BCUT2D eigenvalue weighted by atomic mass is 10.1. The summed E-state index contributed by atoms with van der Waals surface area (Å²) < 4.78 is 6.19. The van der Waals surface area contributed by atoms with Crippen molar-refractivity contribution in [3.8, 4) is 5.75 Å². The molecule has 0 radical (unpaired) electrons. The Bertz CT molecular complexity index is 2090. The highest BCUT2D eigenvalue weighted by Gasteiger charge is 2.19. The number of amides is 3. The number of anilines is 2. The number of methoxy groups -OCH3 is 1. The molecule has 4 aromatic carbocycles. The molecule has 230 valence electrons. The number of aromatic amines is 1. The quantitative estimate of drug-likeness (QED) is 0.0913. The number of rotatable bonds is 10. The highest BCUT2D eigenvalue weighted by Crippen LogP contribution is 2.31. The first-order valence-corrected chi connectivity index (χ1v) is 16.0. The van der Waals surface area contributed by atoms with Crippen molar-refractivity contribution >= 4 is 78.8 Å². The van der Waals surface area contributed by atoms with Crippen molar-refractivity contribution < 1.29 is 19.1 Å². The van der Waals surface area contributed by atoms with Gasteiger partial charge in [0.1, 0.15) is 11.4 Å². The molecule has 11 heteroatoms. The number of thioether (sulfide) groups is 1. The van der Waals surface area contributed by atoms with Crippen LogP contribution in [0.15, 0.2) is 114 Å². The summed E-state index contributed by atoms with van der Waals surface area (Å²) in [5.74, 6) is -0.365. The Morgan fingerprint density at radius 2 is 1.74 bits per heavy atom. The van der Waals surface area contributed by atoms with Crippen LogP contribution in [-0.2, 0) is 9.59 Å². The fourth-order valence-corrected chi connectivity index (χ4v) is 6.53. The molecule has 0 aliphatic rings. The molecule has 0 aliphatic carbocycles. The molecule has 0 saturated carbocycles. The van der Waals surface area contributed by atoms with Crippen LogP contribution in [-0.4, -0.2) is 40.0 Å². The predicted molar refractivity (Wildman–Crippen MR) is 185 cm³/mol. The SMILES string of the molecule is COc1ccc2nc(NC(=O)C(C)Sc3cccc(NC(=O)/C(=C/c4c[nH]c5ccccc45)NC(=O)c4ccccc4)c3)sc2c1. The van der Waals surface area contributed by atoms with Gasteiger partial charge in [0.2, 0.25) is 5.91 Å². The van der Waals surface area contributed by atoms with Gasteiger partial charge in [-0.15, -0.1) is 11.8 Å². The number of ether oxygens (including phenoxy) is 1. The predicted octanol–water partition coefficient (Wildman–Crippen LogP) is 7.32. The van der Waals surface area contributed by atoms with Crippen LogP contribution in [0.2, 0.25) is 0 Å². The molecule has 4 N–H and O–H groups in total. The van der Waals surface area contributed by atoms with Gasteiger partial charge < -0.3 is 25.7 Å². The summed E-state index contributed by atoms with van der Waals surface area (Å²) in [4.78, 5) is 48.2. The average molecular weight is 648 g/mol. The number of hydrogen-bond acceptors (Lipinski definition) is 7. The summed E-state index contributed by atoms with van der Waals surface area (Å²) in [6, 6.07) is 29.2. The minimum Gasteiger partial charge on any atom is -0.497 e. The fourth-order valence-electron chi connectivity index (χ4n) is 4.71. The largest absolute Gasteiger partial charge is 0.497 e. The molecule has 0 fully saturated rings. The Morgan fingerprint density at radius 3 is 2.57 bits per heavy atom. The molecule has 3 amide bonds. The summed E-state index contributed by atoms with van der Waals surface area (Å²) in [6.07, 6.45) is 3.44. The Morgan fingerprint density at radius 1 is 0.935 bits per heavy atom. The molecule has 2 aromatic heterocycles. The van der Waals surface area contributed by atoms with Gasteiger partial charge >= 0.3 is 0 Å². The van der Waals surface area contributed by atoms with E-state index in [0.29, 0.717) is 16.4 Å². The number of H-pyrrole nitrogens is 1. The Labute approximate surface area is 273 Å². The molecule has 2 heterocycles. The van der Waals surface area contributed by atoms with E-state index in [1.165, 1.54) is 23.1 Å². The first kappa shape index (κ1) is 30.6. The van der Waals surface area contributed by atoms with Crippen LogP contribution in [0.25, 0.3) is 27.2 Å². The highest BCUT2D eigenvalue weighted by molar-refractivity contribution is 8.00. The molecule has 6 aromatic rings. The topological polar surface area (TPSA) is 125 Å². The molecule has 0 bridgehead atoms. The maximum Gasteiger partial charge on any atom is 0.272 e. The third kappa shape index (κ3) is 7.12. The lowest BCUT2D eigenvalue weighted by Gasteiger charge is -2.13. The molecular formula is C35H29N5O4S2. The molecule has 1 atom stereocenters. The third-order valence-corrected chi connectivity index (χ3v) is 9.08. The van der Waals surface area contributed by atoms with Crippen LogP contribution in [0.5, 0.6) is 5.75 Å². The molecule has 1 unspecified atom stereocenters. The second kappa shape index (κ2) is 13.7. The summed E-state index contributed by atoms with van der Waals surface area (Å²) >= 11 is 2.73. The summed E-state index contributed by atoms with van der Waals surface area (Å²) in [5.41, 5.74) is 3.47. The van der Waals surface area contributed by atoms with E-state index >= 15 is 0 Å². The second-order valence-electron chi connectivity index (χ2n) is 10.3. The van der Waals surface area contributed by atoms with E-state index in [4.69, 9.17) is 4.74 Å². The summed E-state index contributed by atoms with van der Waals surface area (Å²) in [6.45, 7) is 1.81. The monoisotopic (exact) mass is 647 g/mol. The molecule has 0 saturated heterocycles. The van der Waals surface area contributed by atoms with Crippen LogP contribution in [0.3, 0.4) is 0 Å². The van der Waals surface area contributed by atoms with Crippen LogP contribution in [0.1, 0.15) is 22.8 Å². The van der Waals surface area contributed by atoms with E-state index in [1.54, 1.807) is 61.8 Å².